The molecule has 2 heterocycles. The van der Waals surface area contributed by atoms with Gasteiger partial charge in [0.15, 0.2) is 0 Å². The Morgan fingerprint density at radius 2 is 1.89 bits per heavy atom. The maximum atomic E-state index is 12.5. The smallest absolute Gasteiger partial charge is 0.244 e. The number of hydrogen-bond donors (Lipinski definition) is 1. The molecule has 1 aromatic heterocycles. The second-order valence-corrected chi connectivity index (χ2v) is 10.1. The van der Waals surface area contributed by atoms with Gasteiger partial charge in [-0.1, -0.05) is 19.9 Å². The van der Waals surface area contributed by atoms with E-state index in [0.29, 0.717) is 17.3 Å². The molecular weight excluding hydrogens is 344 g/mol. The van der Waals surface area contributed by atoms with Crippen LogP contribution in [0.15, 0.2) is 43.3 Å². The van der Waals surface area contributed by atoms with Gasteiger partial charge in [0.05, 0.1) is 0 Å². The highest BCUT2D eigenvalue weighted by Crippen LogP contribution is 2.66. The number of carbonyl (C=O) groups is 1. The summed E-state index contributed by atoms with van der Waals surface area (Å²) >= 11 is 0. The van der Waals surface area contributed by atoms with E-state index < -0.39 is 0 Å². The van der Waals surface area contributed by atoms with E-state index in [1.54, 1.807) is 0 Å². The van der Waals surface area contributed by atoms with Crippen LogP contribution >= 0.6 is 0 Å². The third kappa shape index (κ3) is 2.34. The van der Waals surface area contributed by atoms with Crippen molar-refractivity contribution in [2.45, 2.75) is 58.4 Å². The van der Waals surface area contributed by atoms with Gasteiger partial charge in [0, 0.05) is 29.9 Å². The molecule has 4 aliphatic rings. The van der Waals surface area contributed by atoms with E-state index in [0.717, 1.165) is 18.3 Å². The summed E-state index contributed by atoms with van der Waals surface area (Å²) in [5.74, 6) is 2.92. The molecule has 0 spiro atoms. The van der Waals surface area contributed by atoms with E-state index in [1.807, 2.05) is 18.5 Å². The third-order valence-electron chi connectivity index (χ3n) is 9.24. The van der Waals surface area contributed by atoms with Crippen LogP contribution in [-0.4, -0.2) is 16.9 Å². The van der Waals surface area contributed by atoms with Crippen LogP contribution in [0.4, 0.5) is 0 Å². The lowest BCUT2D eigenvalue weighted by Gasteiger charge is -2.60. The molecule has 7 atom stereocenters. The van der Waals surface area contributed by atoms with E-state index in [9.17, 15) is 4.79 Å². The molecule has 3 saturated carbocycles. The first kappa shape index (κ1) is 18.1. The fourth-order valence-corrected chi connectivity index (χ4v) is 7.82. The van der Waals surface area contributed by atoms with Crippen molar-refractivity contribution >= 4 is 11.5 Å². The molecule has 1 N–H and O–H groups in total. The Balaban J connectivity index is 1.57. The first-order valence-electron chi connectivity index (χ1n) is 11.0. The lowest BCUT2D eigenvalue weighted by molar-refractivity contribution is -0.121. The van der Waals surface area contributed by atoms with E-state index in [-0.39, 0.29) is 17.4 Å². The quantitative estimate of drug-likeness (QED) is 0.737. The SMILES string of the molecule is C=C[C@H]1CC[C@H]2[C@@H]3CC[C@H]4NC(=O)C=C(c5ccncc5)[C@]4(C)[C@H]3CC[C@]12C. The average Bonchev–Trinajstić information content (AvgIpc) is 3.05. The highest BCUT2D eigenvalue weighted by molar-refractivity contribution is 5.99. The summed E-state index contributed by atoms with van der Waals surface area (Å²) in [5, 5.41) is 3.33. The molecule has 0 aromatic carbocycles. The summed E-state index contributed by atoms with van der Waals surface area (Å²) in [6.07, 6.45) is 15.3. The fourth-order valence-electron chi connectivity index (χ4n) is 7.82. The largest absolute Gasteiger partial charge is 0.349 e. The number of amides is 1. The molecule has 28 heavy (non-hydrogen) atoms. The molecule has 1 aliphatic heterocycles. The van der Waals surface area contributed by atoms with Crippen molar-refractivity contribution in [1.82, 2.24) is 10.3 Å². The molecule has 0 radical (unpaired) electrons. The zero-order chi connectivity index (χ0) is 19.5. The number of fused-ring (bicyclic) bond motifs is 5. The van der Waals surface area contributed by atoms with E-state index in [4.69, 9.17) is 0 Å². The van der Waals surface area contributed by atoms with Crippen molar-refractivity contribution in [2.24, 2.45) is 34.5 Å². The summed E-state index contributed by atoms with van der Waals surface area (Å²) < 4.78 is 0. The first-order chi connectivity index (χ1) is 13.5. The summed E-state index contributed by atoms with van der Waals surface area (Å²) in [4.78, 5) is 16.7. The van der Waals surface area contributed by atoms with Gasteiger partial charge < -0.3 is 5.32 Å². The Hall–Kier alpha value is -1.90. The van der Waals surface area contributed by atoms with Crippen LogP contribution < -0.4 is 5.32 Å². The molecule has 0 unspecified atom stereocenters. The second-order valence-electron chi connectivity index (χ2n) is 10.1. The monoisotopic (exact) mass is 376 g/mol. The molecule has 0 bridgehead atoms. The maximum absolute atomic E-state index is 12.5. The van der Waals surface area contributed by atoms with Crippen LogP contribution in [-0.2, 0) is 4.79 Å². The summed E-state index contributed by atoms with van der Waals surface area (Å²) in [5.41, 5.74) is 2.83. The molecule has 1 aromatic rings. The van der Waals surface area contributed by atoms with Crippen LogP contribution in [0.2, 0.25) is 0 Å². The fraction of sp³-hybridized carbons (Fsp3) is 0.600. The van der Waals surface area contributed by atoms with E-state index >= 15 is 0 Å². The molecule has 3 heteroatoms. The predicted molar refractivity (Wildman–Crippen MR) is 112 cm³/mol. The van der Waals surface area contributed by atoms with Gasteiger partial charge in [-0.05, 0) is 90.9 Å². The van der Waals surface area contributed by atoms with Crippen molar-refractivity contribution in [1.29, 1.82) is 0 Å². The Bertz CT molecular complexity index is 830. The molecular formula is C25H32N2O. The standard InChI is InChI=1S/C25H32N2O/c1-4-17-5-7-19-18-6-8-22-25(3,20(18)9-12-24(17,19)2)21(15-23(28)27-22)16-10-13-26-14-11-16/h4,10-11,13-15,17-20,22H,1,5-9,12H2,2-3H3,(H,27,28)/t17-,18-,19-,20-,22+,24+,25-/m0/s1. The van der Waals surface area contributed by atoms with Crippen molar-refractivity contribution < 1.29 is 4.79 Å². The minimum absolute atomic E-state index is 0.00573. The summed E-state index contributed by atoms with van der Waals surface area (Å²) in [7, 11) is 0. The minimum atomic E-state index is 0.00573. The lowest BCUT2D eigenvalue weighted by atomic mass is 9.46. The van der Waals surface area contributed by atoms with E-state index in [2.05, 4.69) is 48.9 Å². The number of nitrogens with one attached hydrogen (secondary N) is 1. The Labute approximate surface area is 168 Å². The minimum Gasteiger partial charge on any atom is -0.349 e. The van der Waals surface area contributed by atoms with Gasteiger partial charge in [-0.15, -0.1) is 6.58 Å². The zero-order valence-corrected chi connectivity index (χ0v) is 17.2. The number of nitrogens with zero attached hydrogens (tertiary/aromatic N) is 1. The van der Waals surface area contributed by atoms with Crippen LogP contribution in [0.25, 0.3) is 5.57 Å². The molecule has 3 fully saturated rings. The zero-order valence-electron chi connectivity index (χ0n) is 17.2. The Kier molecular flexibility index (Phi) is 4.08. The molecule has 3 nitrogen and oxygen atoms in total. The predicted octanol–water partition coefficient (Wildman–Crippen LogP) is 5.01. The Morgan fingerprint density at radius 3 is 2.64 bits per heavy atom. The average molecular weight is 377 g/mol. The molecule has 1 amide bonds. The maximum Gasteiger partial charge on any atom is 0.244 e. The van der Waals surface area contributed by atoms with Crippen LogP contribution in [0.5, 0.6) is 0 Å². The third-order valence-corrected chi connectivity index (χ3v) is 9.24. The second kappa shape index (κ2) is 6.30. The van der Waals surface area contributed by atoms with Gasteiger partial charge in [0.1, 0.15) is 0 Å². The van der Waals surface area contributed by atoms with Gasteiger partial charge in [0.25, 0.3) is 0 Å². The van der Waals surface area contributed by atoms with Gasteiger partial charge >= 0.3 is 0 Å². The summed E-state index contributed by atoms with van der Waals surface area (Å²) in [6.45, 7) is 9.12. The molecule has 5 rings (SSSR count). The van der Waals surface area contributed by atoms with Crippen LogP contribution in [0.1, 0.15) is 57.9 Å². The normalized spacial score (nSPS) is 44.6. The Morgan fingerprint density at radius 1 is 1.11 bits per heavy atom. The number of rotatable bonds is 2. The highest BCUT2D eigenvalue weighted by Gasteiger charge is 2.60. The number of allylic oxidation sites excluding steroid dienone is 1. The van der Waals surface area contributed by atoms with Gasteiger partial charge in [0.2, 0.25) is 5.91 Å². The molecule has 0 saturated heterocycles. The number of hydrogen-bond acceptors (Lipinski definition) is 2. The first-order valence-corrected chi connectivity index (χ1v) is 11.0. The number of aromatic nitrogens is 1. The van der Waals surface area contributed by atoms with Crippen molar-refractivity contribution in [3.8, 4) is 0 Å². The van der Waals surface area contributed by atoms with Crippen molar-refractivity contribution in [2.75, 3.05) is 0 Å². The van der Waals surface area contributed by atoms with E-state index in [1.165, 1.54) is 43.2 Å². The van der Waals surface area contributed by atoms with Gasteiger partial charge in [-0.25, -0.2) is 0 Å². The molecule has 3 aliphatic carbocycles. The lowest BCUT2D eigenvalue weighted by Crippen LogP contribution is -2.60. The topological polar surface area (TPSA) is 42.0 Å². The van der Waals surface area contributed by atoms with Gasteiger partial charge in [-0.3, -0.25) is 9.78 Å². The highest BCUT2D eigenvalue weighted by atomic mass is 16.1. The molecule has 148 valence electrons. The number of pyridine rings is 1. The van der Waals surface area contributed by atoms with Crippen molar-refractivity contribution in [3.05, 3.63) is 48.8 Å². The van der Waals surface area contributed by atoms with Gasteiger partial charge in [-0.2, -0.15) is 0 Å². The van der Waals surface area contributed by atoms with Crippen molar-refractivity contribution in [3.63, 3.8) is 0 Å². The number of carbonyl (C=O) groups excluding carboxylic acids is 1. The summed E-state index contributed by atoms with van der Waals surface area (Å²) in [6, 6.07) is 4.40. The van der Waals surface area contributed by atoms with Crippen LogP contribution in [0.3, 0.4) is 0 Å². The van der Waals surface area contributed by atoms with Crippen LogP contribution in [0, 0.1) is 34.5 Å².